The molecule has 0 amide bonds. The molecule has 0 bridgehead atoms. The fourth-order valence-corrected chi connectivity index (χ4v) is 1.09. The van der Waals surface area contributed by atoms with Crippen molar-refractivity contribution >= 4 is 5.97 Å². The van der Waals surface area contributed by atoms with Crippen molar-refractivity contribution in [2.24, 2.45) is 0 Å². The van der Waals surface area contributed by atoms with E-state index in [1.54, 1.807) is 0 Å². The van der Waals surface area contributed by atoms with Crippen molar-refractivity contribution in [3.05, 3.63) is 12.7 Å². The molecule has 70 valence electrons. The van der Waals surface area contributed by atoms with Crippen LogP contribution in [0.1, 0.15) is 44.9 Å². The van der Waals surface area contributed by atoms with Gasteiger partial charge in [-0.05, 0) is 25.7 Å². The first-order chi connectivity index (χ1) is 5.77. The smallest absolute Gasteiger partial charge is 0.550 e. The zero-order valence-electron chi connectivity index (χ0n) is 8.55. The first kappa shape index (κ1) is 15.7. The second-order valence-electron chi connectivity index (χ2n) is 2.97. The van der Waals surface area contributed by atoms with E-state index in [2.05, 4.69) is 6.58 Å². The van der Waals surface area contributed by atoms with Crippen molar-refractivity contribution in [1.29, 1.82) is 0 Å². The molecular formula is C10H17NaO2. The molecular weight excluding hydrogens is 175 g/mol. The van der Waals surface area contributed by atoms with Crippen molar-refractivity contribution < 1.29 is 39.5 Å². The molecule has 0 aliphatic carbocycles. The standard InChI is InChI=1S/C10H18O2.Na/c1-2-3-4-5-6-7-8-9-10(11)12;/h2H,1,3-9H2,(H,11,12);/q;+1/p-1. The molecule has 0 heterocycles. The molecule has 0 aromatic rings. The summed E-state index contributed by atoms with van der Waals surface area (Å²) in [7, 11) is 0. The maximum absolute atomic E-state index is 10.0. The average molecular weight is 192 g/mol. The van der Waals surface area contributed by atoms with Crippen LogP contribution in [0, 0.1) is 0 Å². The van der Waals surface area contributed by atoms with Gasteiger partial charge in [0.2, 0.25) is 0 Å². The first-order valence-corrected chi connectivity index (χ1v) is 4.58. The number of carbonyl (C=O) groups excluding carboxylic acids is 1. The van der Waals surface area contributed by atoms with Gasteiger partial charge in [0.05, 0.1) is 0 Å². The zero-order valence-corrected chi connectivity index (χ0v) is 10.6. The topological polar surface area (TPSA) is 40.1 Å². The number of rotatable bonds is 8. The second-order valence-corrected chi connectivity index (χ2v) is 2.97. The van der Waals surface area contributed by atoms with E-state index in [1.807, 2.05) is 6.08 Å². The van der Waals surface area contributed by atoms with Crippen LogP contribution >= 0.6 is 0 Å². The van der Waals surface area contributed by atoms with Gasteiger partial charge in [0.15, 0.2) is 0 Å². The number of hydrogen-bond donors (Lipinski definition) is 0. The number of unbranched alkanes of at least 4 members (excludes halogenated alkanes) is 5. The van der Waals surface area contributed by atoms with Gasteiger partial charge in [0.1, 0.15) is 0 Å². The van der Waals surface area contributed by atoms with E-state index in [9.17, 15) is 9.90 Å². The number of hydrogen-bond acceptors (Lipinski definition) is 2. The molecule has 3 heteroatoms. The largest absolute Gasteiger partial charge is 1.00 e. The van der Waals surface area contributed by atoms with Crippen molar-refractivity contribution in [2.75, 3.05) is 0 Å². The maximum atomic E-state index is 10.0. The van der Waals surface area contributed by atoms with E-state index in [1.165, 1.54) is 12.8 Å². The molecule has 0 aliphatic heterocycles. The molecule has 2 nitrogen and oxygen atoms in total. The molecule has 0 N–H and O–H groups in total. The van der Waals surface area contributed by atoms with Crippen LogP contribution in [0.5, 0.6) is 0 Å². The maximum Gasteiger partial charge on any atom is 1.00 e. The first-order valence-electron chi connectivity index (χ1n) is 4.58. The Balaban J connectivity index is 0. The van der Waals surface area contributed by atoms with Crippen molar-refractivity contribution in [1.82, 2.24) is 0 Å². The van der Waals surface area contributed by atoms with Crippen molar-refractivity contribution in [2.45, 2.75) is 44.9 Å². The molecule has 0 unspecified atom stereocenters. The van der Waals surface area contributed by atoms with Gasteiger partial charge in [-0.25, -0.2) is 0 Å². The van der Waals surface area contributed by atoms with E-state index in [0.29, 0.717) is 0 Å². The minimum Gasteiger partial charge on any atom is -0.550 e. The van der Waals surface area contributed by atoms with Crippen molar-refractivity contribution in [3.63, 3.8) is 0 Å². The van der Waals surface area contributed by atoms with E-state index < -0.39 is 5.97 Å². The fraction of sp³-hybridized carbons (Fsp3) is 0.700. The summed E-state index contributed by atoms with van der Waals surface area (Å²) >= 11 is 0. The summed E-state index contributed by atoms with van der Waals surface area (Å²) in [5, 5.41) is 10.0. The Kier molecular flexibility index (Phi) is 14.7. The van der Waals surface area contributed by atoms with Gasteiger partial charge in [0.25, 0.3) is 0 Å². The monoisotopic (exact) mass is 192 g/mol. The second kappa shape index (κ2) is 12.2. The number of carboxylic acid groups (broad SMARTS) is 1. The molecule has 0 atom stereocenters. The number of carbonyl (C=O) groups is 1. The third kappa shape index (κ3) is 15.0. The van der Waals surface area contributed by atoms with Crippen LogP contribution < -0.4 is 34.7 Å². The van der Waals surface area contributed by atoms with Crippen LogP contribution in [-0.4, -0.2) is 5.97 Å². The van der Waals surface area contributed by atoms with Gasteiger partial charge in [-0.15, -0.1) is 6.58 Å². The van der Waals surface area contributed by atoms with Gasteiger partial charge in [-0.2, -0.15) is 0 Å². The molecule has 0 aromatic carbocycles. The molecule has 0 radical (unpaired) electrons. The normalized spacial score (nSPS) is 8.92. The van der Waals surface area contributed by atoms with Crippen molar-refractivity contribution in [3.8, 4) is 0 Å². The number of carboxylic acids is 1. The molecule has 0 saturated carbocycles. The molecule has 0 fully saturated rings. The minimum atomic E-state index is -0.930. The Morgan fingerprint density at radius 2 is 1.69 bits per heavy atom. The Morgan fingerprint density at radius 3 is 2.23 bits per heavy atom. The van der Waals surface area contributed by atoms with Gasteiger partial charge in [-0.3, -0.25) is 0 Å². The zero-order chi connectivity index (χ0) is 9.23. The van der Waals surface area contributed by atoms with E-state index >= 15 is 0 Å². The summed E-state index contributed by atoms with van der Waals surface area (Å²) in [5.41, 5.74) is 0. The van der Waals surface area contributed by atoms with E-state index in [4.69, 9.17) is 0 Å². The summed E-state index contributed by atoms with van der Waals surface area (Å²) < 4.78 is 0. The van der Waals surface area contributed by atoms with Gasteiger partial charge in [0, 0.05) is 5.97 Å². The number of aliphatic carboxylic acids is 1. The van der Waals surface area contributed by atoms with Gasteiger partial charge in [-0.1, -0.05) is 25.3 Å². The summed E-state index contributed by atoms with van der Waals surface area (Å²) in [6, 6.07) is 0. The SMILES string of the molecule is C=CCCCCCCCC(=O)[O-].[Na+]. The Hall–Kier alpha value is 0.210. The number of allylic oxidation sites excluding steroid dienone is 1. The Morgan fingerprint density at radius 1 is 1.15 bits per heavy atom. The van der Waals surface area contributed by atoms with Gasteiger partial charge >= 0.3 is 29.6 Å². The van der Waals surface area contributed by atoms with Crippen LogP contribution in [0.2, 0.25) is 0 Å². The third-order valence-corrected chi connectivity index (χ3v) is 1.79. The van der Waals surface area contributed by atoms with Crippen LogP contribution in [0.3, 0.4) is 0 Å². The molecule has 0 rings (SSSR count). The molecule has 0 spiro atoms. The van der Waals surface area contributed by atoms with E-state index in [-0.39, 0.29) is 36.0 Å². The molecule has 0 aliphatic rings. The molecule has 0 saturated heterocycles. The summed E-state index contributed by atoms with van der Waals surface area (Å²) in [6.07, 6.45) is 8.44. The van der Waals surface area contributed by atoms with Crippen LogP contribution in [0.4, 0.5) is 0 Å². The third-order valence-electron chi connectivity index (χ3n) is 1.79. The molecule has 0 aromatic heterocycles. The predicted molar refractivity (Wildman–Crippen MR) is 47.5 cm³/mol. The fourth-order valence-electron chi connectivity index (χ4n) is 1.09. The van der Waals surface area contributed by atoms with E-state index in [0.717, 1.165) is 25.7 Å². The summed E-state index contributed by atoms with van der Waals surface area (Å²) in [6.45, 7) is 3.63. The Labute approximate surface area is 103 Å². The van der Waals surface area contributed by atoms with Crippen LogP contribution in [0.25, 0.3) is 0 Å². The summed E-state index contributed by atoms with van der Waals surface area (Å²) in [4.78, 5) is 10.0. The van der Waals surface area contributed by atoms with Crippen LogP contribution in [0.15, 0.2) is 12.7 Å². The van der Waals surface area contributed by atoms with Crippen LogP contribution in [-0.2, 0) is 4.79 Å². The van der Waals surface area contributed by atoms with Gasteiger partial charge < -0.3 is 9.90 Å². The quantitative estimate of drug-likeness (QED) is 0.271. The summed E-state index contributed by atoms with van der Waals surface area (Å²) in [5.74, 6) is -0.930. The predicted octanol–water partition coefficient (Wildman–Crippen LogP) is -1.34. The minimum absolute atomic E-state index is 0. The Bertz CT molecular complexity index is 135. The molecule has 13 heavy (non-hydrogen) atoms. The average Bonchev–Trinajstić information content (AvgIpc) is 2.02.